The van der Waals surface area contributed by atoms with Crippen molar-refractivity contribution in [1.29, 1.82) is 0 Å². The summed E-state index contributed by atoms with van der Waals surface area (Å²) in [5.41, 5.74) is 8.12. The molecular formula is C36H29N. The molecule has 0 saturated heterocycles. The molecule has 178 valence electrons. The maximum absolute atomic E-state index is 3.73. The molecule has 1 heteroatoms. The van der Waals surface area contributed by atoms with E-state index in [1.165, 1.54) is 38.6 Å². The Morgan fingerprint density at radius 3 is 2.05 bits per heavy atom. The van der Waals surface area contributed by atoms with Crippen LogP contribution < -0.4 is 5.32 Å². The number of allylic oxidation sites excluding steroid dienone is 6. The zero-order valence-corrected chi connectivity index (χ0v) is 20.9. The molecule has 0 aromatic heterocycles. The lowest BCUT2D eigenvalue weighted by Gasteiger charge is -2.31. The summed E-state index contributed by atoms with van der Waals surface area (Å²) in [7, 11) is 0. The summed E-state index contributed by atoms with van der Waals surface area (Å²) < 4.78 is 0. The molecule has 0 bridgehead atoms. The van der Waals surface area contributed by atoms with E-state index in [0.717, 1.165) is 11.4 Å². The van der Waals surface area contributed by atoms with Gasteiger partial charge in [0, 0.05) is 16.8 Å². The number of hydrogen-bond acceptors (Lipinski definition) is 1. The molecule has 0 aliphatic heterocycles. The lowest BCUT2D eigenvalue weighted by atomic mass is 9.71. The second-order valence-corrected chi connectivity index (χ2v) is 9.44. The van der Waals surface area contributed by atoms with E-state index in [1.54, 1.807) is 0 Å². The first-order valence-electron chi connectivity index (χ1n) is 12.8. The van der Waals surface area contributed by atoms with Gasteiger partial charge in [0.05, 0.1) is 5.41 Å². The third kappa shape index (κ3) is 4.09. The highest BCUT2D eigenvalue weighted by Gasteiger charge is 2.40. The van der Waals surface area contributed by atoms with Gasteiger partial charge < -0.3 is 5.32 Å². The summed E-state index contributed by atoms with van der Waals surface area (Å²) in [6.45, 7) is 2.05. The zero-order chi connectivity index (χ0) is 25.1. The van der Waals surface area contributed by atoms with Crippen LogP contribution in [-0.2, 0) is 5.41 Å². The predicted octanol–water partition coefficient (Wildman–Crippen LogP) is 9.45. The fourth-order valence-electron chi connectivity index (χ4n) is 5.53. The van der Waals surface area contributed by atoms with E-state index in [4.69, 9.17) is 0 Å². The Morgan fingerprint density at radius 1 is 0.649 bits per heavy atom. The highest BCUT2D eigenvalue weighted by Crippen LogP contribution is 2.50. The van der Waals surface area contributed by atoms with E-state index >= 15 is 0 Å². The van der Waals surface area contributed by atoms with Crippen molar-refractivity contribution in [2.24, 2.45) is 0 Å². The Balaban J connectivity index is 1.56. The maximum Gasteiger partial charge on any atom is 0.0647 e. The average molecular weight is 476 g/mol. The zero-order valence-electron chi connectivity index (χ0n) is 20.9. The van der Waals surface area contributed by atoms with E-state index in [9.17, 15) is 0 Å². The van der Waals surface area contributed by atoms with Crippen LogP contribution in [0.3, 0.4) is 0 Å². The summed E-state index contributed by atoms with van der Waals surface area (Å²) in [6.07, 6.45) is 10.9. The van der Waals surface area contributed by atoms with Crippen LogP contribution in [0.2, 0.25) is 0 Å². The van der Waals surface area contributed by atoms with Gasteiger partial charge in [-0.25, -0.2) is 0 Å². The smallest absolute Gasteiger partial charge is 0.0647 e. The van der Waals surface area contributed by atoms with Gasteiger partial charge >= 0.3 is 0 Å². The Kier molecular flexibility index (Phi) is 6.04. The standard InChI is InChI=1S/C36H29N/c1-2-3-6-15-28-26-36(29-17-7-4-8-18-29,30-19-9-5-10-20-30)34-25-31(23-24-32(28)34)37-35-22-13-16-27-14-11-12-21-33(27)35/h2-26,37H,1H3/b3-2-,15-6-. The molecule has 1 nitrogen and oxygen atoms in total. The highest BCUT2D eigenvalue weighted by atomic mass is 14.9. The summed E-state index contributed by atoms with van der Waals surface area (Å²) in [6, 6.07) is 43.5. The average Bonchev–Trinajstić information content (AvgIpc) is 3.29. The maximum atomic E-state index is 3.73. The van der Waals surface area contributed by atoms with Crippen molar-refractivity contribution >= 4 is 27.7 Å². The molecule has 0 saturated carbocycles. The lowest BCUT2D eigenvalue weighted by molar-refractivity contribution is 0.794. The van der Waals surface area contributed by atoms with E-state index < -0.39 is 0 Å². The summed E-state index contributed by atoms with van der Waals surface area (Å²) in [4.78, 5) is 0. The molecule has 0 heterocycles. The van der Waals surface area contributed by atoms with Crippen LogP contribution in [-0.4, -0.2) is 0 Å². The molecule has 37 heavy (non-hydrogen) atoms. The minimum absolute atomic E-state index is 0.385. The van der Waals surface area contributed by atoms with Crippen LogP contribution in [0.4, 0.5) is 11.4 Å². The van der Waals surface area contributed by atoms with E-state index in [1.807, 2.05) is 6.92 Å². The number of anilines is 2. The third-order valence-corrected chi connectivity index (χ3v) is 7.23. The molecule has 1 aliphatic rings. The van der Waals surface area contributed by atoms with Crippen molar-refractivity contribution in [3.05, 3.63) is 174 Å². The summed E-state index contributed by atoms with van der Waals surface area (Å²) in [5, 5.41) is 6.18. The normalized spacial score (nSPS) is 14.2. The predicted molar refractivity (Wildman–Crippen MR) is 158 cm³/mol. The Hall–Kier alpha value is -4.62. The summed E-state index contributed by atoms with van der Waals surface area (Å²) in [5.74, 6) is 0. The molecule has 0 radical (unpaired) electrons. The Bertz CT molecular complexity index is 1590. The van der Waals surface area contributed by atoms with Gasteiger partial charge in [-0.2, -0.15) is 0 Å². The summed E-state index contributed by atoms with van der Waals surface area (Å²) >= 11 is 0. The van der Waals surface area contributed by atoms with Crippen LogP contribution in [0.15, 0.2) is 152 Å². The molecule has 0 fully saturated rings. The van der Waals surface area contributed by atoms with Crippen LogP contribution in [0, 0.1) is 0 Å². The van der Waals surface area contributed by atoms with Gasteiger partial charge in [0.15, 0.2) is 0 Å². The first-order chi connectivity index (χ1) is 18.3. The molecule has 0 amide bonds. The molecule has 0 spiro atoms. The van der Waals surface area contributed by atoms with E-state index in [0.29, 0.717) is 0 Å². The fourth-order valence-corrected chi connectivity index (χ4v) is 5.53. The van der Waals surface area contributed by atoms with Crippen molar-refractivity contribution in [3.8, 4) is 0 Å². The SMILES string of the molecule is C/C=C\C=C/C1=CC(c2ccccc2)(c2ccccc2)c2cc(Nc3cccc4ccccc34)ccc21. The monoisotopic (exact) mass is 475 g/mol. The van der Waals surface area contributed by atoms with E-state index in [-0.39, 0.29) is 5.41 Å². The van der Waals surface area contributed by atoms with Crippen molar-refractivity contribution in [2.45, 2.75) is 12.3 Å². The van der Waals surface area contributed by atoms with Crippen LogP contribution >= 0.6 is 0 Å². The van der Waals surface area contributed by atoms with Gasteiger partial charge in [0.2, 0.25) is 0 Å². The fraction of sp³-hybridized carbons (Fsp3) is 0.0556. The number of rotatable bonds is 6. The first-order valence-corrected chi connectivity index (χ1v) is 12.8. The van der Waals surface area contributed by atoms with Crippen LogP contribution in [0.5, 0.6) is 0 Å². The first kappa shape index (κ1) is 22.8. The van der Waals surface area contributed by atoms with Gasteiger partial charge in [-0.15, -0.1) is 0 Å². The topological polar surface area (TPSA) is 12.0 Å². The van der Waals surface area contributed by atoms with Gasteiger partial charge in [0.1, 0.15) is 0 Å². The molecule has 5 aromatic rings. The van der Waals surface area contributed by atoms with Gasteiger partial charge in [0.25, 0.3) is 0 Å². The van der Waals surface area contributed by atoms with Crippen molar-refractivity contribution in [1.82, 2.24) is 0 Å². The Morgan fingerprint density at radius 2 is 1.32 bits per heavy atom. The van der Waals surface area contributed by atoms with Crippen molar-refractivity contribution in [2.75, 3.05) is 5.32 Å². The largest absolute Gasteiger partial charge is 0.355 e. The number of nitrogens with one attached hydrogen (secondary N) is 1. The number of fused-ring (bicyclic) bond motifs is 2. The minimum Gasteiger partial charge on any atom is -0.355 e. The van der Waals surface area contributed by atoms with Crippen molar-refractivity contribution in [3.63, 3.8) is 0 Å². The molecule has 0 atom stereocenters. The quantitative estimate of drug-likeness (QED) is 0.241. The molecule has 0 unspecified atom stereocenters. The number of hydrogen-bond donors (Lipinski definition) is 1. The molecular weight excluding hydrogens is 446 g/mol. The lowest BCUT2D eigenvalue weighted by Crippen LogP contribution is -2.25. The van der Waals surface area contributed by atoms with Gasteiger partial charge in [-0.3, -0.25) is 0 Å². The van der Waals surface area contributed by atoms with Crippen molar-refractivity contribution < 1.29 is 0 Å². The highest BCUT2D eigenvalue weighted by molar-refractivity contribution is 5.96. The van der Waals surface area contributed by atoms with Gasteiger partial charge in [-0.05, 0) is 58.3 Å². The molecule has 5 aromatic carbocycles. The van der Waals surface area contributed by atoms with E-state index in [2.05, 4.69) is 157 Å². The van der Waals surface area contributed by atoms with Gasteiger partial charge in [-0.1, -0.05) is 134 Å². The molecule has 6 rings (SSSR count). The second-order valence-electron chi connectivity index (χ2n) is 9.44. The minimum atomic E-state index is -0.385. The Labute approximate surface area is 219 Å². The van der Waals surface area contributed by atoms with Crippen LogP contribution in [0.25, 0.3) is 16.3 Å². The third-order valence-electron chi connectivity index (χ3n) is 7.23. The second kappa shape index (κ2) is 9.79. The number of benzene rings is 5. The molecule has 1 N–H and O–H groups in total. The molecule has 1 aliphatic carbocycles. The van der Waals surface area contributed by atoms with Crippen LogP contribution in [0.1, 0.15) is 29.2 Å².